The molecule has 0 fully saturated rings. The molecule has 10 nitrogen and oxygen atoms in total. The van der Waals surface area contributed by atoms with E-state index in [0.29, 0.717) is 29.8 Å². The number of aliphatic hydroxyl groups excluding tert-OH is 1. The van der Waals surface area contributed by atoms with Crippen molar-refractivity contribution >= 4 is 32.8 Å². The molecule has 0 bridgehead atoms. The van der Waals surface area contributed by atoms with E-state index in [1.54, 1.807) is 4.79 Å². The van der Waals surface area contributed by atoms with Gasteiger partial charge in [-0.25, -0.2) is 23.1 Å². The van der Waals surface area contributed by atoms with Crippen molar-refractivity contribution in [3.63, 3.8) is 0 Å². The van der Waals surface area contributed by atoms with Crippen LogP contribution in [0.3, 0.4) is 0 Å². The Balaban J connectivity index is 1.39. The van der Waals surface area contributed by atoms with Crippen LogP contribution in [-0.2, 0) is 16.4 Å². The molecule has 0 saturated carbocycles. The number of aromatic nitrogens is 3. The van der Waals surface area contributed by atoms with Crippen molar-refractivity contribution in [3.8, 4) is 0 Å². The lowest BCUT2D eigenvalue weighted by atomic mass is 9.87. The highest BCUT2D eigenvalue weighted by Crippen LogP contribution is 2.38. The lowest BCUT2D eigenvalue weighted by molar-refractivity contribution is 0.288. The summed E-state index contributed by atoms with van der Waals surface area (Å²) in [6, 6.07) is 4.76. The van der Waals surface area contributed by atoms with Crippen molar-refractivity contribution in [1.82, 2.24) is 19.6 Å². The number of nitrogens with zero attached hydrogens (tertiary/aromatic N) is 6. The highest BCUT2D eigenvalue weighted by atomic mass is 32.2. The van der Waals surface area contributed by atoms with Crippen LogP contribution in [-0.4, -0.2) is 71.3 Å². The van der Waals surface area contributed by atoms with Crippen LogP contribution in [0.5, 0.6) is 0 Å². The number of aryl methyl sites for hydroxylation is 1. The van der Waals surface area contributed by atoms with Gasteiger partial charge >= 0.3 is 0 Å². The first-order valence-electron chi connectivity index (χ1n) is 18.0. The van der Waals surface area contributed by atoms with E-state index >= 15 is 0 Å². The Bertz CT molecular complexity index is 1510. The van der Waals surface area contributed by atoms with Crippen LogP contribution in [0.25, 0.3) is 0 Å². The zero-order chi connectivity index (χ0) is 34.2. The van der Waals surface area contributed by atoms with Gasteiger partial charge in [0.1, 0.15) is 5.71 Å². The quantitative estimate of drug-likeness (QED) is 0.155. The number of unbranched alkanes of at least 4 members (excludes halogenated alkanes) is 9. The molecule has 11 heteroatoms. The molecule has 0 amide bonds. The molecule has 4 rings (SSSR count). The molecule has 262 valence electrons. The number of nitrogens with one attached hydrogen (secondary N) is 1. The van der Waals surface area contributed by atoms with Gasteiger partial charge in [0.05, 0.1) is 17.2 Å². The van der Waals surface area contributed by atoms with Crippen LogP contribution >= 0.6 is 0 Å². The Hall–Kier alpha value is -2.63. The highest BCUT2D eigenvalue weighted by Gasteiger charge is 2.36. The van der Waals surface area contributed by atoms with Gasteiger partial charge < -0.3 is 10.0 Å². The van der Waals surface area contributed by atoms with E-state index in [1.807, 2.05) is 6.92 Å². The SMILES string of the molecule is CCCCCCCCCCCCS(=O)(=O)NCC(C)c1nc2n(n1)N=C(C(C)(C)C)C2=Nc1cc2c(cc1C)N(CCCO)C(C)C2. The first-order chi connectivity index (χ1) is 22.3. The van der Waals surface area contributed by atoms with Crippen molar-refractivity contribution in [2.75, 3.05) is 30.3 Å². The maximum atomic E-state index is 12.7. The first-order valence-corrected chi connectivity index (χ1v) is 19.6. The molecule has 3 heterocycles. The first kappa shape index (κ1) is 37.2. The van der Waals surface area contributed by atoms with Gasteiger partial charge in [-0.3, -0.25) is 0 Å². The van der Waals surface area contributed by atoms with Crippen molar-refractivity contribution in [2.45, 2.75) is 137 Å². The molecular weight excluding hydrogens is 611 g/mol. The number of benzene rings is 1. The number of hydrogen-bond acceptors (Lipinski definition) is 8. The predicted octanol–water partition coefficient (Wildman–Crippen LogP) is 7.05. The summed E-state index contributed by atoms with van der Waals surface area (Å²) >= 11 is 0. The summed E-state index contributed by atoms with van der Waals surface area (Å²) in [7, 11) is -3.37. The van der Waals surface area contributed by atoms with Crippen molar-refractivity contribution in [3.05, 3.63) is 34.9 Å². The number of rotatable bonds is 19. The number of hydrogen-bond donors (Lipinski definition) is 2. The fraction of sp³-hybridized carbons (Fsp3) is 0.722. The largest absolute Gasteiger partial charge is 0.396 e. The van der Waals surface area contributed by atoms with E-state index in [1.165, 1.54) is 56.2 Å². The molecule has 2 aromatic rings. The molecule has 0 aliphatic carbocycles. The fourth-order valence-corrected chi connectivity index (χ4v) is 7.67. The van der Waals surface area contributed by atoms with E-state index in [0.717, 1.165) is 49.2 Å². The number of aliphatic hydroxyl groups is 1. The second kappa shape index (κ2) is 16.7. The molecule has 0 radical (unpaired) electrons. The Kier molecular flexibility index (Phi) is 13.2. The van der Waals surface area contributed by atoms with E-state index in [-0.39, 0.29) is 30.2 Å². The van der Waals surface area contributed by atoms with Gasteiger partial charge in [-0.1, -0.05) is 92.4 Å². The molecule has 2 N–H and O–H groups in total. The number of fused-ring (bicyclic) bond motifs is 2. The Morgan fingerprint density at radius 2 is 1.70 bits per heavy atom. The lowest BCUT2D eigenvalue weighted by Gasteiger charge is -2.25. The zero-order valence-electron chi connectivity index (χ0n) is 30.0. The van der Waals surface area contributed by atoms with Gasteiger partial charge in [0, 0.05) is 42.8 Å². The molecule has 0 saturated heterocycles. The topological polar surface area (TPSA) is 125 Å². The van der Waals surface area contributed by atoms with E-state index < -0.39 is 10.0 Å². The monoisotopic (exact) mass is 669 g/mol. The van der Waals surface area contributed by atoms with E-state index in [4.69, 9.17) is 15.1 Å². The number of sulfonamides is 1. The standard InChI is InChI=1S/C36H59N7O3S/c1-8-9-10-11-12-13-14-15-16-17-21-47(45,46)37-25-27(3)34-39-35-32(33(36(5,6)7)40-43(35)41-34)38-30-24-29-23-28(4)42(19-18-20-44)31(29)22-26(30)2/h22,24,27-28,37,44H,8-21,23,25H2,1-7H3. The van der Waals surface area contributed by atoms with E-state index in [2.05, 4.69) is 68.4 Å². The van der Waals surface area contributed by atoms with Gasteiger partial charge in [-0.15, -0.1) is 9.89 Å². The predicted molar refractivity (Wildman–Crippen MR) is 194 cm³/mol. The smallest absolute Gasteiger partial charge is 0.211 e. The summed E-state index contributed by atoms with van der Waals surface area (Å²) in [5.41, 5.74) is 5.68. The van der Waals surface area contributed by atoms with Crippen LogP contribution in [0, 0.1) is 12.3 Å². The zero-order valence-corrected chi connectivity index (χ0v) is 30.8. The molecule has 2 unspecified atom stereocenters. The Labute approximate surface area is 283 Å². The molecule has 1 aromatic carbocycles. The van der Waals surface area contributed by atoms with Gasteiger partial charge in [0.2, 0.25) is 15.8 Å². The van der Waals surface area contributed by atoms with E-state index in [9.17, 15) is 13.5 Å². The van der Waals surface area contributed by atoms with Crippen molar-refractivity contribution < 1.29 is 13.5 Å². The lowest BCUT2D eigenvalue weighted by Crippen LogP contribution is -2.30. The molecule has 1 aromatic heterocycles. The van der Waals surface area contributed by atoms with Crippen LogP contribution in [0.1, 0.15) is 141 Å². The Morgan fingerprint density at radius 1 is 1.04 bits per heavy atom. The summed E-state index contributed by atoms with van der Waals surface area (Å²) in [4.78, 5) is 14.0. The van der Waals surface area contributed by atoms with Crippen LogP contribution in [0.4, 0.5) is 11.4 Å². The normalized spacial score (nSPS) is 17.8. The number of aliphatic imine (C=N–C) groups is 1. The molecule has 2 aliphatic heterocycles. The average molecular weight is 670 g/mol. The maximum Gasteiger partial charge on any atom is 0.211 e. The highest BCUT2D eigenvalue weighted by molar-refractivity contribution is 7.89. The number of anilines is 1. The van der Waals surface area contributed by atoms with Gasteiger partial charge in [-0.2, -0.15) is 5.10 Å². The second-order valence-corrected chi connectivity index (χ2v) is 16.6. The fourth-order valence-electron chi connectivity index (χ4n) is 6.44. The third-order valence-corrected chi connectivity index (χ3v) is 10.7. The molecule has 47 heavy (non-hydrogen) atoms. The summed E-state index contributed by atoms with van der Waals surface area (Å²) < 4.78 is 28.3. The minimum atomic E-state index is -3.37. The van der Waals surface area contributed by atoms with Crippen LogP contribution in [0.15, 0.2) is 22.2 Å². The van der Waals surface area contributed by atoms with Gasteiger partial charge in [-0.05, 0) is 56.4 Å². The van der Waals surface area contributed by atoms with Crippen molar-refractivity contribution in [1.29, 1.82) is 0 Å². The maximum absolute atomic E-state index is 12.7. The summed E-state index contributed by atoms with van der Waals surface area (Å²) in [5, 5.41) is 18.9. The summed E-state index contributed by atoms with van der Waals surface area (Å²) in [6.45, 7) is 16.1. The Morgan fingerprint density at radius 3 is 2.34 bits per heavy atom. The molecule has 2 aliphatic rings. The summed E-state index contributed by atoms with van der Waals surface area (Å²) in [5.74, 6) is 1.06. The average Bonchev–Trinajstić information content (AvgIpc) is 3.67. The third-order valence-electron chi connectivity index (χ3n) is 9.31. The minimum Gasteiger partial charge on any atom is -0.396 e. The molecule has 2 atom stereocenters. The summed E-state index contributed by atoms with van der Waals surface area (Å²) in [6.07, 6.45) is 13.4. The molecular formula is C36H59N7O3S. The van der Waals surface area contributed by atoms with Gasteiger partial charge in [0.25, 0.3) is 0 Å². The van der Waals surface area contributed by atoms with Gasteiger partial charge in [0.15, 0.2) is 5.82 Å². The van der Waals surface area contributed by atoms with Crippen LogP contribution in [0.2, 0.25) is 0 Å². The van der Waals surface area contributed by atoms with Crippen molar-refractivity contribution in [2.24, 2.45) is 15.5 Å². The molecule has 0 spiro atoms. The minimum absolute atomic E-state index is 0.150. The third kappa shape index (κ3) is 9.95. The van der Waals surface area contributed by atoms with Crippen LogP contribution < -0.4 is 9.62 Å². The second-order valence-electron chi connectivity index (χ2n) is 14.7.